The van der Waals surface area contributed by atoms with Crippen LogP contribution in [0.3, 0.4) is 0 Å². The second kappa shape index (κ2) is 9.26. The Labute approximate surface area is 174 Å². The van der Waals surface area contributed by atoms with Crippen LogP contribution in [0.5, 0.6) is 11.5 Å². The molecule has 0 atom stereocenters. The van der Waals surface area contributed by atoms with E-state index in [9.17, 15) is 9.59 Å². The molecule has 0 radical (unpaired) electrons. The van der Waals surface area contributed by atoms with E-state index < -0.39 is 18.5 Å². The number of carbonyl (C=O) groups is 2. The number of amides is 1. The molecule has 148 valence electrons. The molecule has 0 aliphatic rings. The topological polar surface area (TPSA) is 64.6 Å². The molecular weight excluding hydrogens is 390 g/mol. The van der Waals surface area contributed by atoms with E-state index in [0.29, 0.717) is 22.2 Å². The van der Waals surface area contributed by atoms with Gasteiger partial charge in [0.15, 0.2) is 6.61 Å². The molecule has 1 N–H and O–H groups in total. The Kier molecular flexibility index (Phi) is 6.52. The maximum absolute atomic E-state index is 12.5. The second-order valence-electron chi connectivity index (χ2n) is 6.47. The summed E-state index contributed by atoms with van der Waals surface area (Å²) in [5.74, 6) is -0.191. The Balaban J connectivity index is 1.65. The zero-order valence-electron chi connectivity index (χ0n) is 16.1. The van der Waals surface area contributed by atoms with E-state index in [1.54, 1.807) is 42.5 Å². The number of carbonyl (C=O) groups excluding carboxylic acids is 2. The number of nitrogens with one attached hydrogen (secondary N) is 1. The van der Waals surface area contributed by atoms with Gasteiger partial charge in [-0.25, -0.2) is 4.79 Å². The molecule has 0 aromatic heterocycles. The van der Waals surface area contributed by atoms with Crippen LogP contribution in [-0.2, 0) is 9.53 Å². The van der Waals surface area contributed by atoms with Crippen LogP contribution in [0.2, 0.25) is 5.02 Å². The van der Waals surface area contributed by atoms with Gasteiger partial charge in [-0.15, -0.1) is 0 Å². The third-order valence-electron chi connectivity index (χ3n) is 4.11. The number of hydrogen-bond acceptors (Lipinski definition) is 4. The lowest BCUT2D eigenvalue weighted by Crippen LogP contribution is -2.21. The van der Waals surface area contributed by atoms with Gasteiger partial charge < -0.3 is 14.8 Å². The zero-order chi connectivity index (χ0) is 20.8. The van der Waals surface area contributed by atoms with Crippen LogP contribution in [-0.4, -0.2) is 18.5 Å². The predicted octanol–water partition coefficient (Wildman–Crippen LogP) is 5.54. The van der Waals surface area contributed by atoms with Gasteiger partial charge in [-0.2, -0.15) is 0 Å². The number of hydrogen-bond donors (Lipinski definition) is 1. The minimum Gasteiger partial charge on any atom is -0.456 e. The maximum atomic E-state index is 12.5. The van der Waals surface area contributed by atoms with Crippen molar-refractivity contribution in [2.45, 2.75) is 13.8 Å². The number of para-hydroxylation sites is 2. The van der Waals surface area contributed by atoms with Crippen molar-refractivity contribution in [3.63, 3.8) is 0 Å². The van der Waals surface area contributed by atoms with Gasteiger partial charge in [0.05, 0.1) is 10.7 Å². The van der Waals surface area contributed by atoms with E-state index in [4.69, 9.17) is 21.1 Å². The summed E-state index contributed by atoms with van der Waals surface area (Å²) in [6.45, 7) is 3.32. The number of benzene rings is 3. The highest BCUT2D eigenvalue weighted by Crippen LogP contribution is 2.28. The van der Waals surface area contributed by atoms with Crippen LogP contribution in [0.4, 0.5) is 5.69 Å². The number of halogens is 1. The van der Waals surface area contributed by atoms with E-state index in [-0.39, 0.29) is 5.56 Å². The molecule has 0 saturated heterocycles. The fraction of sp³-hybridized carbons (Fsp3) is 0.130. The summed E-state index contributed by atoms with van der Waals surface area (Å²) in [5, 5.41) is 3.12. The lowest BCUT2D eigenvalue weighted by Gasteiger charge is -2.13. The van der Waals surface area contributed by atoms with Gasteiger partial charge in [0.2, 0.25) is 0 Å². The number of anilines is 1. The van der Waals surface area contributed by atoms with Gasteiger partial charge in [-0.05, 0) is 55.3 Å². The summed E-state index contributed by atoms with van der Waals surface area (Å²) in [6, 6.07) is 19.5. The highest BCUT2D eigenvalue weighted by atomic mass is 35.5. The average molecular weight is 410 g/mol. The third kappa shape index (κ3) is 5.36. The van der Waals surface area contributed by atoms with Crippen molar-refractivity contribution in [3.05, 3.63) is 88.4 Å². The molecule has 0 fully saturated rings. The highest BCUT2D eigenvalue weighted by molar-refractivity contribution is 6.34. The van der Waals surface area contributed by atoms with E-state index in [1.165, 1.54) is 0 Å². The van der Waals surface area contributed by atoms with Gasteiger partial charge >= 0.3 is 5.97 Å². The average Bonchev–Trinajstić information content (AvgIpc) is 2.70. The molecule has 0 heterocycles. The van der Waals surface area contributed by atoms with Crippen molar-refractivity contribution in [1.29, 1.82) is 0 Å². The van der Waals surface area contributed by atoms with Crippen LogP contribution in [0, 0.1) is 13.8 Å². The first-order valence-electron chi connectivity index (χ1n) is 8.99. The molecule has 0 spiro atoms. The third-order valence-corrected chi connectivity index (χ3v) is 4.41. The van der Waals surface area contributed by atoms with Crippen molar-refractivity contribution < 1.29 is 19.1 Å². The molecule has 6 heteroatoms. The van der Waals surface area contributed by atoms with Crippen LogP contribution in [0.25, 0.3) is 0 Å². The number of esters is 1. The monoisotopic (exact) mass is 409 g/mol. The predicted molar refractivity (Wildman–Crippen MR) is 113 cm³/mol. The van der Waals surface area contributed by atoms with Gasteiger partial charge in [0, 0.05) is 0 Å². The van der Waals surface area contributed by atoms with Crippen LogP contribution in [0.15, 0.2) is 66.7 Å². The number of rotatable bonds is 6. The van der Waals surface area contributed by atoms with Gasteiger partial charge in [0.25, 0.3) is 5.91 Å². The highest BCUT2D eigenvalue weighted by Gasteiger charge is 2.17. The smallest absolute Gasteiger partial charge is 0.342 e. The summed E-state index contributed by atoms with van der Waals surface area (Å²) >= 11 is 6.20. The van der Waals surface area contributed by atoms with E-state index in [2.05, 4.69) is 5.32 Å². The normalized spacial score (nSPS) is 10.3. The summed E-state index contributed by atoms with van der Waals surface area (Å²) in [7, 11) is 0. The fourth-order valence-corrected chi connectivity index (χ4v) is 3.17. The molecule has 0 unspecified atom stereocenters. The maximum Gasteiger partial charge on any atom is 0.342 e. The van der Waals surface area contributed by atoms with E-state index in [0.717, 1.165) is 11.1 Å². The Morgan fingerprint density at radius 1 is 0.966 bits per heavy atom. The van der Waals surface area contributed by atoms with Crippen molar-refractivity contribution in [2.75, 3.05) is 11.9 Å². The summed E-state index contributed by atoms with van der Waals surface area (Å²) in [4.78, 5) is 24.7. The summed E-state index contributed by atoms with van der Waals surface area (Å²) < 4.78 is 10.9. The van der Waals surface area contributed by atoms with Crippen LogP contribution >= 0.6 is 11.6 Å². The lowest BCUT2D eigenvalue weighted by molar-refractivity contribution is -0.119. The standard InChI is InChI=1S/C23H20ClNO4/c1-15-12-16(2)22(19(24)13-15)25-21(26)14-28-23(27)18-10-6-7-11-20(18)29-17-8-4-3-5-9-17/h3-13H,14H2,1-2H3,(H,25,26). The first-order valence-corrected chi connectivity index (χ1v) is 9.37. The molecule has 3 aromatic carbocycles. The quantitative estimate of drug-likeness (QED) is 0.542. The minimum absolute atomic E-state index is 0.230. The fourth-order valence-electron chi connectivity index (χ4n) is 2.80. The molecule has 0 saturated carbocycles. The molecule has 5 nitrogen and oxygen atoms in total. The van der Waals surface area contributed by atoms with Gasteiger partial charge in [-0.3, -0.25) is 4.79 Å². The molecule has 29 heavy (non-hydrogen) atoms. The number of ether oxygens (including phenoxy) is 2. The molecule has 0 bridgehead atoms. The van der Waals surface area contributed by atoms with Gasteiger partial charge in [-0.1, -0.05) is 48.0 Å². The lowest BCUT2D eigenvalue weighted by atomic mass is 10.1. The van der Waals surface area contributed by atoms with Crippen molar-refractivity contribution >= 4 is 29.2 Å². The molecule has 3 aromatic rings. The second-order valence-corrected chi connectivity index (χ2v) is 6.88. The van der Waals surface area contributed by atoms with Crippen molar-refractivity contribution in [2.24, 2.45) is 0 Å². The van der Waals surface area contributed by atoms with Crippen molar-refractivity contribution in [3.8, 4) is 11.5 Å². The van der Waals surface area contributed by atoms with Crippen molar-refractivity contribution in [1.82, 2.24) is 0 Å². The molecule has 1 amide bonds. The summed E-state index contributed by atoms with van der Waals surface area (Å²) in [6.07, 6.45) is 0. The van der Waals surface area contributed by atoms with E-state index in [1.807, 2.05) is 38.1 Å². The van der Waals surface area contributed by atoms with Crippen LogP contribution < -0.4 is 10.1 Å². The Morgan fingerprint density at radius 3 is 2.38 bits per heavy atom. The first kappa shape index (κ1) is 20.4. The largest absolute Gasteiger partial charge is 0.456 e. The Hall–Kier alpha value is -3.31. The first-order chi connectivity index (χ1) is 13.9. The molecule has 0 aliphatic heterocycles. The molecular formula is C23H20ClNO4. The summed E-state index contributed by atoms with van der Waals surface area (Å²) in [5.41, 5.74) is 2.56. The van der Waals surface area contributed by atoms with Gasteiger partial charge in [0.1, 0.15) is 17.1 Å². The SMILES string of the molecule is Cc1cc(C)c(NC(=O)COC(=O)c2ccccc2Oc2ccccc2)c(Cl)c1. The van der Waals surface area contributed by atoms with Crippen LogP contribution in [0.1, 0.15) is 21.5 Å². The number of aryl methyl sites for hydroxylation is 2. The molecule has 3 rings (SSSR count). The minimum atomic E-state index is -0.654. The van der Waals surface area contributed by atoms with E-state index >= 15 is 0 Å². The zero-order valence-corrected chi connectivity index (χ0v) is 16.8. The Morgan fingerprint density at radius 2 is 1.66 bits per heavy atom. The Bertz CT molecular complexity index is 1010. The molecule has 0 aliphatic carbocycles.